The molecule has 1 N–H and O–H groups in total. The summed E-state index contributed by atoms with van der Waals surface area (Å²) in [5, 5.41) is 14.9. The fourth-order valence-electron chi connectivity index (χ4n) is 3.37. The van der Waals surface area contributed by atoms with Crippen molar-refractivity contribution in [2.75, 3.05) is 23.3 Å². The molecule has 1 atom stereocenters. The number of alkyl halides is 3. The molecule has 1 unspecified atom stereocenters. The van der Waals surface area contributed by atoms with Crippen molar-refractivity contribution in [3.8, 4) is 5.82 Å². The van der Waals surface area contributed by atoms with Gasteiger partial charge in [-0.15, -0.1) is 10.2 Å². The molecule has 0 spiro atoms. The molecule has 1 amide bonds. The van der Waals surface area contributed by atoms with Crippen molar-refractivity contribution in [2.24, 2.45) is 5.92 Å². The first-order valence-corrected chi connectivity index (χ1v) is 9.80. The van der Waals surface area contributed by atoms with Crippen LogP contribution in [0.25, 0.3) is 5.82 Å². The third-order valence-electron chi connectivity index (χ3n) is 4.96. The largest absolute Gasteiger partial charge is 0.416 e. The number of halogens is 4. The Hall–Kier alpha value is -3.21. The number of amides is 1. The summed E-state index contributed by atoms with van der Waals surface area (Å²) in [6.45, 7) is 1.05. The van der Waals surface area contributed by atoms with Gasteiger partial charge in [-0.25, -0.2) is 9.67 Å². The standard InChI is InChI=1S/C19H17ClF3N7O/c20-14-4-3-13(19(21,22)23)8-15(14)26-18(31)12-2-1-7-29(9-12)16-5-6-17(28-27-16)30-11-24-10-25-30/h3-6,8,10-12H,1-2,7,9H2,(H,26,31). The van der Waals surface area contributed by atoms with Crippen LogP contribution in [-0.4, -0.2) is 44.0 Å². The lowest BCUT2D eigenvalue weighted by Crippen LogP contribution is -2.41. The molecule has 8 nitrogen and oxygen atoms in total. The molecule has 1 saturated heterocycles. The van der Waals surface area contributed by atoms with Crippen molar-refractivity contribution in [2.45, 2.75) is 19.0 Å². The summed E-state index contributed by atoms with van der Waals surface area (Å²) in [7, 11) is 0. The van der Waals surface area contributed by atoms with Crippen molar-refractivity contribution in [3.05, 3.63) is 53.6 Å². The number of hydrogen-bond acceptors (Lipinski definition) is 6. The average Bonchev–Trinajstić information content (AvgIpc) is 3.30. The zero-order valence-corrected chi connectivity index (χ0v) is 16.8. The number of carbonyl (C=O) groups is 1. The van der Waals surface area contributed by atoms with Crippen molar-refractivity contribution < 1.29 is 18.0 Å². The van der Waals surface area contributed by atoms with Gasteiger partial charge in [0.05, 0.1) is 22.2 Å². The molecule has 1 fully saturated rings. The van der Waals surface area contributed by atoms with E-state index >= 15 is 0 Å². The van der Waals surface area contributed by atoms with E-state index in [0.717, 1.165) is 24.6 Å². The van der Waals surface area contributed by atoms with Gasteiger partial charge in [0, 0.05) is 13.1 Å². The highest BCUT2D eigenvalue weighted by Gasteiger charge is 2.32. The third kappa shape index (κ3) is 4.76. The highest BCUT2D eigenvalue weighted by molar-refractivity contribution is 6.33. The van der Waals surface area contributed by atoms with E-state index < -0.39 is 23.6 Å². The summed E-state index contributed by atoms with van der Waals surface area (Å²) in [6.07, 6.45) is -0.309. The predicted octanol–water partition coefficient (Wildman–Crippen LogP) is 3.58. The van der Waals surface area contributed by atoms with Crippen LogP contribution in [0.5, 0.6) is 0 Å². The van der Waals surface area contributed by atoms with E-state index in [1.165, 1.54) is 17.3 Å². The second-order valence-corrected chi connectivity index (χ2v) is 7.46. The molecule has 2 aromatic heterocycles. The maximum Gasteiger partial charge on any atom is 0.416 e. The Morgan fingerprint density at radius 2 is 1.94 bits per heavy atom. The minimum absolute atomic E-state index is 0.0450. The summed E-state index contributed by atoms with van der Waals surface area (Å²) >= 11 is 5.99. The maximum absolute atomic E-state index is 13.0. The molecule has 31 heavy (non-hydrogen) atoms. The summed E-state index contributed by atoms with van der Waals surface area (Å²) in [4.78, 5) is 18.5. The van der Waals surface area contributed by atoms with E-state index in [1.807, 2.05) is 4.90 Å². The van der Waals surface area contributed by atoms with E-state index in [9.17, 15) is 18.0 Å². The van der Waals surface area contributed by atoms with Crippen LogP contribution >= 0.6 is 11.6 Å². The van der Waals surface area contributed by atoms with Gasteiger partial charge in [0.2, 0.25) is 5.91 Å². The lowest BCUT2D eigenvalue weighted by Gasteiger charge is -2.32. The van der Waals surface area contributed by atoms with Gasteiger partial charge < -0.3 is 10.2 Å². The Balaban J connectivity index is 1.44. The van der Waals surface area contributed by atoms with Crippen LogP contribution in [0.4, 0.5) is 24.7 Å². The zero-order valence-electron chi connectivity index (χ0n) is 16.1. The molecule has 0 saturated carbocycles. The molecule has 1 aromatic carbocycles. The Morgan fingerprint density at radius 1 is 1.16 bits per heavy atom. The topological polar surface area (TPSA) is 88.8 Å². The van der Waals surface area contributed by atoms with Gasteiger partial charge in [-0.1, -0.05) is 11.6 Å². The molecule has 12 heteroatoms. The molecule has 3 aromatic rings. The second-order valence-electron chi connectivity index (χ2n) is 7.06. The van der Waals surface area contributed by atoms with Gasteiger partial charge in [-0.2, -0.15) is 18.3 Å². The molecule has 0 bridgehead atoms. The van der Waals surface area contributed by atoms with Gasteiger partial charge in [0.25, 0.3) is 0 Å². The number of carbonyl (C=O) groups excluding carboxylic acids is 1. The summed E-state index contributed by atoms with van der Waals surface area (Å²) in [6, 6.07) is 6.35. The van der Waals surface area contributed by atoms with Crippen molar-refractivity contribution >= 4 is 29.0 Å². The van der Waals surface area contributed by atoms with Gasteiger partial charge in [0.1, 0.15) is 12.7 Å². The van der Waals surface area contributed by atoms with Crippen LogP contribution in [0.3, 0.4) is 0 Å². The number of nitrogens with one attached hydrogen (secondary N) is 1. The van der Waals surface area contributed by atoms with Crippen LogP contribution in [0.15, 0.2) is 43.0 Å². The normalized spacial score (nSPS) is 16.9. The SMILES string of the molecule is O=C(Nc1cc(C(F)(F)F)ccc1Cl)C1CCCN(c2ccc(-n3cncn3)nn2)C1. The molecule has 0 aliphatic carbocycles. The minimum Gasteiger partial charge on any atom is -0.354 e. The van der Waals surface area contributed by atoms with Crippen LogP contribution in [0, 0.1) is 5.92 Å². The monoisotopic (exact) mass is 451 g/mol. The fraction of sp³-hybridized carbons (Fsp3) is 0.316. The molecular weight excluding hydrogens is 435 g/mol. The van der Waals surface area contributed by atoms with Crippen molar-refractivity contribution in [1.82, 2.24) is 25.0 Å². The summed E-state index contributed by atoms with van der Waals surface area (Å²) in [5.41, 5.74) is -0.934. The van der Waals surface area contributed by atoms with Crippen LogP contribution in [0.2, 0.25) is 5.02 Å². The molecule has 162 valence electrons. The van der Waals surface area contributed by atoms with Gasteiger partial charge in [-0.05, 0) is 43.2 Å². The fourth-order valence-corrected chi connectivity index (χ4v) is 3.53. The highest BCUT2D eigenvalue weighted by atomic mass is 35.5. The zero-order chi connectivity index (χ0) is 22.0. The number of aromatic nitrogens is 5. The first-order valence-electron chi connectivity index (χ1n) is 9.42. The average molecular weight is 452 g/mol. The van der Waals surface area contributed by atoms with Crippen molar-refractivity contribution in [3.63, 3.8) is 0 Å². The Bertz CT molecular complexity index is 1060. The third-order valence-corrected chi connectivity index (χ3v) is 5.29. The second kappa shape index (κ2) is 8.50. The number of nitrogens with zero attached hydrogens (tertiary/aromatic N) is 6. The molecule has 3 heterocycles. The summed E-state index contributed by atoms with van der Waals surface area (Å²) < 4.78 is 40.4. The first-order chi connectivity index (χ1) is 14.8. The summed E-state index contributed by atoms with van der Waals surface area (Å²) in [5.74, 6) is 0.277. The molecule has 1 aliphatic rings. The van der Waals surface area contributed by atoms with E-state index in [-0.39, 0.29) is 10.7 Å². The number of piperidine rings is 1. The Labute approximate surface area is 180 Å². The van der Waals surface area contributed by atoms with Crippen LogP contribution < -0.4 is 10.2 Å². The number of anilines is 2. The van der Waals surface area contributed by atoms with E-state index in [0.29, 0.717) is 31.1 Å². The van der Waals surface area contributed by atoms with E-state index in [1.54, 1.807) is 12.1 Å². The lowest BCUT2D eigenvalue weighted by molar-refractivity contribution is -0.137. The Kier molecular flexibility index (Phi) is 5.77. The number of hydrogen-bond donors (Lipinski definition) is 1. The number of rotatable bonds is 4. The van der Waals surface area contributed by atoms with E-state index in [4.69, 9.17) is 11.6 Å². The molecule has 4 rings (SSSR count). The van der Waals surface area contributed by atoms with E-state index in [2.05, 4.69) is 25.6 Å². The minimum atomic E-state index is -4.53. The quantitative estimate of drug-likeness (QED) is 0.652. The highest BCUT2D eigenvalue weighted by Crippen LogP contribution is 2.34. The molecular formula is C19H17ClF3N7O. The molecule has 1 aliphatic heterocycles. The van der Waals surface area contributed by atoms with Crippen LogP contribution in [-0.2, 0) is 11.0 Å². The van der Waals surface area contributed by atoms with Gasteiger partial charge in [0.15, 0.2) is 11.6 Å². The smallest absolute Gasteiger partial charge is 0.354 e. The van der Waals surface area contributed by atoms with Crippen molar-refractivity contribution in [1.29, 1.82) is 0 Å². The Morgan fingerprint density at radius 3 is 2.61 bits per heavy atom. The number of benzene rings is 1. The maximum atomic E-state index is 13.0. The van der Waals surface area contributed by atoms with Gasteiger partial charge >= 0.3 is 6.18 Å². The predicted molar refractivity (Wildman–Crippen MR) is 107 cm³/mol. The lowest BCUT2D eigenvalue weighted by atomic mass is 9.97. The van der Waals surface area contributed by atoms with Gasteiger partial charge in [-0.3, -0.25) is 4.79 Å². The van der Waals surface area contributed by atoms with Crippen LogP contribution in [0.1, 0.15) is 18.4 Å². The first kappa shape index (κ1) is 21.0. The molecule has 0 radical (unpaired) electrons.